The fraction of sp³-hybridized carbons (Fsp3) is 0.0769. The van der Waals surface area contributed by atoms with E-state index in [1.54, 1.807) is 72.8 Å². The molecule has 0 atom stereocenters. The van der Waals surface area contributed by atoms with E-state index in [0.29, 0.717) is 34.2 Å². The smallest absolute Gasteiger partial charge is 0.418 e. The monoisotopic (exact) mass is 467 g/mol. The molecule has 9 nitrogen and oxygen atoms in total. The van der Waals surface area contributed by atoms with Gasteiger partial charge >= 0.3 is 12.1 Å². The number of carbonyl (C=O) groups is 2. The lowest BCUT2D eigenvalue weighted by Crippen LogP contribution is -2.45. The molecule has 0 radical (unpaired) electrons. The molecule has 0 saturated heterocycles. The van der Waals surface area contributed by atoms with Crippen molar-refractivity contribution in [3.63, 3.8) is 0 Å². The number of hydrogen-bond donors (Lipinski definition) is 1. The molecule has 35 heavy (non-hydrogen) atoms. The molecule has 1 aromatic heterocycles. The van der Waals surface area contributed by atoms with Crippen molar-refractivity contribution in [2.24, 2.45) is 0 Å². The zero-order valence-corrected chi connectivity index (χ0v) is 18.8. The van der Waals surface area contributed by atoms with E-state index >= 15 is 0 Å². The van der Waals surface area contributed by atoms with E-state index in [2.05, 4.69) is 9.97 Å². The van der Waals surface area contributed by atoms with Gasteiger partial charge in [-0.05, 0) is 48.5 Å². The predicted octanol–water partition coefficient (Wildman–Crippen LogP) is 5.58. The van der Waals surface area contributed by atoms with E-state index in [9.17, 15) is 14.7 Å². The molecular weight excluding hydrogens is 446 g/mol. The van der Waals surface area contributed by atoms with Crippen molar-refractivity contribution >= 4 is 41.0 Å². The van der Waals surface area contributed by atoms with Gasteiger partial charge in [-0.1, -0.05) is 36.4 Å². The summed E-state index contributed by atoms with van der Waals surface area (Å²) in [5.41, 5.74) is 2.35. The maximum absolute atomic E-state index is 13.8. The third-order valence-corrected chi connectivity index (χ3v) is 5.60. The van der Waals surface area contributed by atoms with Crippen LogP contribution in [-0.4, -0.2) is 34.3 Å². The fourth-order valence-electron chi connectivity index (χ4n) is 3.91. The van der Waals surface area contributed by atoms with Crippen LogP contribution < -0.4 is 19.4 Å². The molecular formula is C26H21N5O4. The lowest BCUT2D eigenvalue weighted by molar-refractivity contribution is 0.204. The first-order valence-corrected chi connectivity index (χ1v) is 10.8. The number of methoxy groups -OCH3 is 1. The summed E-state index contributed by atoms with van der Waals surface area (Å²) in [4.78, 5) is 38.9. The van der Waals surface area contributed by atoms with Gasteiger partial charge in [0.1, 0.15) is 5.75 Å². The highest BCUT2D eigenvalue weighted by atomic mass is 16.5. The molecule has 9 heteroatoms. The highest BCUT2D eigenvalue weighted by Crippen LogP contribution is 2.37. The molecule has 2 heterocycles. The number of hydrogen-bond acceptors (Lipinski definition) is 5. The fourth-order valence-corrected chi connectivity index (χ4v) is 3.91. The Balaban J connectivity index is 1.62. The second kappa shape index (κ2) is 9.14. The zero-order chi connectivity index (χ0) is 24.4. The van der Waals surface area contributed by atoms with Gasteiger partial charge in [0.05, 0.1) is 25.0 Å². The number of fused-ring (bicyclic) bond motifs is 1. The summed E-state index contributed by atoms with van der Waals surface area (Å²) >= 11 is 0. The zero-order valence-electron chi connectivity index (χ0n) is 18.8. The Labute approximate surface area is 201 Å². The third kappa shape index (κ3) is 4.10. The Hall–Kier alpha value is -4.92. The minimum Gasteiger partial charge on any atom is -0.497 e. The summed E-state index contributed by atoms with van der Waals surface area (Å²) in [5, 5.41) is 9.90. The van der Waals surface area contributed by atoms with Crippen LogP contribution in [-0.2, 0) is 6.54 Å². The minimum atomic E-state index is -1.23. The first kappa shape index (κ1) is 21.9. The van der Waals surface area contributed by atoms with Crippen molar-refractivity contribution in [3.8, 4) is 5.75 Å². The van der Waals surface area contributed by atoms with Gasteiger partial charge in [0, 0.05) is 17.4 Å². The molecule has 0 unspecified atom stereocenters. The first-order valence-electron chi connectivity index (χ1n) is 10.8. The van der Waals surface area contributed by atoms with Crippen LogP contribution in [0.2, 0.25) is 0 Å². The van der Waals surface area contributed by atoms with Crippen LogP contribution in [0.15, 0.2) is 91.1 Å². The molecule has 0 fully saturated rings. The largest absolute Gasteiger partial charge is 0.497 e. The number of carboxylic acid groups (broad SMARTS) is 1. The standard InChI is InChI=1S/C26H21N5O4/c1-35-22-14-12-19(13-15-22)29-17-18-16-27-24(31(26(33)34)21-10-6-3-7-11-21)28-23(18)30(25(29)32)20-8-4-2-5-9-20/h2-16H,17H2,1H3,(H,33,34). The van der Waals surface area contributed by atoms with Gasteiger partial charge in [0.25, 0.3) is 0 Å². The number of carbonyl (C=O) groups excluding carboxylic acids is 1. The second-order valence-electron chi connectivity index (χ2n) is 7.71. The van der Waals surface area contributed by atoms with E-state index in [1.807, 2.05) is 30.3 Å². The van der Waals surface area contributed by atoms with Crippen LogP contribution in [0.1, 0.15) is 5.56 Å². The van der Waals surface area contributed by atoms with Crippen LogP contribution in [0.4, 0.5) is 38.4 Å². The number of benzene rings is 3. The van der Waals surface area contributed by atoms with Crippen LogP contribution >= 0.6 is 0 Å². The molecule has 5 rings (SSSR count). The maximum Gasteiger partial charge on any atom is 0.418 e. The molecule has 174 valence electrons. The van der Waals surface area contributed by atoms with Crippen LogP contribution in [0.5, 0.6) is 5.75 Å². The second-order valence-corrected chi connectivity index (χ2v) is 7.71. The third-order valence-electron chi connectivity index (χ3n) is 5.60. The molecule has 1 aliphatic heterocycles. The Morgan fingerprint density at radius 2 is 1.60 bits per heavy atom. The predicted molar refractivity (Wildman–Crippen MR) is 132 cm³/mol. The molecule has 1 N–H and O–H groups in total. The molecule has 0 bridgehead atoms. The van der Waals surface area contributed by atoms with Crippen molar-refractivity contribution < 1.29 is 19.4 Å². The Morgan fingerprint density at radius 3 is 2.23 bits per heavy atom. The summed E-state index contributed by atoms with van der Waals surface area (Å²) in [6.07, 6.45) is 0.333. The molecule has 4 aromatic rings. The molecule has 0 aliphatic carbocycles. The maximum atomic E-state index is 13.8. The van der Waals surface area contributed by atoms with E-state index in [0.717, 1.165) is 4.90 Å². The van der Waals surface area contributed by atoms with Gasteiger partial charge in [0.15, 0.2) is 5.82 Å². The van der Waals surface area contributed by atoms with Gasteiger partial charge in [-0.3, -0.25) is 4.90 Å². The molecule has 3 aromatic carbocycles. The number of urea groups is 1. The minimum absolute atomic E-state index is 0.0471. The van der Waals surface area contributed by atoms with Gasteiger partial charge in [-0.25, -0.2) is 24.4 Å². The highest BCUT2D eigenvalue weighted by Gasteiger charge is 2.35. The topological polar surface area (TPSA) is 99.1 Å². The number of rotatable bonds is 5. The van der Waals surface area contributed by atoms with E-state index < -0.39 is 6.09 Å². The van der Waals surface area contributed by atoms with E-state index in [4.69, 9.17) is 4.74 Å². The summed E-state index contributed by atoms with van der Waals surface area (Å²) in [6, 6.07) is 24.5. The van der Waals surface area contributed by atoms with Crippen molar-refractivity contribution in [2.75, 3.05) is 21.8 Å². The van der Waals surface area contributed by atoms with Crippen LogP contribution in [0, 0.1) is 0 Å². The van der Waals surface area contributed by atoms with Crippen LogP contribution in [0.25, 0.3) is 0 Å². The van der Waals surface area contributed by atoms with Crippen molar-refractivity contribution in [1.29, 1.82) is 0 Å². The summed E-state index contributed by atoms with van der Waals surface area (Å²) in [5.74, 6) is 0.966. The van der Waals surface area contributed by atoms with Gasteiger partial charge in [-0.15, -0.1) is 0 Å². The van der Waals surface area contributed by atoms with E-state index in [1.165, 1.54) is 4.90 Å². The van der Waals surface area contributed by atoms with Crippen molar-refractivity contribution in [1.82, 2.24) is 9.97 Å². The van der Waals surface area contributed by atoms with Gasteiger partial charge < -0.3 is 9.84 Å². The normalized spacial score (nSPS) is 12.8. The van der Waals surface area contributed by atoms with Gasteiger partial charge in [0.2, 0.25) is 5.95 Å². The Kier molecular flexibility index (Phi) is 5.72. The number of aromatic nitrogens is 2. The number of ether oxygens (including phenoxy) is 1. The van der Waals surface area contributed by atoms with Crippen molar-refractivity contribution in [2.45, 2.75) is 6.54 Å². The average molecular weight is 467 g/mol. The highest BCUT2D eigenvalue weighted by molar-refractivity contribution is 6.10. The molecule has 0 spiro atoms. The Morgan fingerprint density at radius 1 is 0.943 bits per heavy atom. The van der Waals surface area contributed by atoms with E-state index in [-0.39, 0.29) is 18.5 Å². The molecule has 1 aliphatic rings. The number of para-hydroxylation sites is 2. The lowest BCUT2D eigenvalue weighted by Gasteiger charge is -2.36. The number of anilines is 5. The quantitative estimate of drug-likeness (QED) is 0.411. The van der Waals surface area contributed by atoms with Crippen LogP contribution in [0.3, 0.4) is 0 Å². The average Bonchev–Trinajstić information content (AvgIpc) is 2.89. The number of amides is 3. The Bertz CT molecular complexity index is 1360. The summed E-state index contributed by atoms with van der Waals surface area (Å²) in [6.45, 7) is 0.225. The molecule has 0 saturated carbocycles. The van der Waals surface area contributed by atoms with Crippen molar-refractivity contribution in [3.05, 3.63) is 96.7 Å². The lowest BCUT2D eigenvalue weighted by atomic mass is 10.1. The number of nitrogens with zero attached hydrogens (tertiary/aromatic N) is 5. The van der Waals surface area contributed by atoms with Gasteiger partial charge in [-0.2, -0.15) is 4.98 Å². The summed E-state index contributed by atoms with van der Waals surface area (Å²) < 4.78 is 5.23. The summed E-state index contributed by atoms with van der Waals surface area (Å²) in [7, 11) is 1.58. The first-order chi connectivity index (χ1) is 17.1. The SMILES string of the molecule is COc1ccc(N2Cc3cnc(N(C(=O)O)c4ccccc4)nc3N(c3ccccc3)C2=O)cc1. The molecule has 3 amide bonds.